The first-order valence-corrected chi connectivity index (χ1v) is 8.71. The van der Waals surface area contributed by atoms with Gasteiger partial charge in [-0.1, -0.05) is 19.1 Å². The third-order valence-electron chi connectivity index (χ3n) is 4.60. The molecular formula is C17H20BClN4O4. The quantitative estimate of drug-likeness (QED) is 0.733. The maximum absolute atomic E-state index is 12.8. The van der Waals surface area contributed by atoms with Gasteiger partial charge in [-0.15, -0.1) is 12.4 Å². The zero-order valence-corrected chi connectivity index (χ0v) is 15.6. The molecule has 1 atom stereocenters. The predicted molar refractivity (Wildman–Crippen MR) is 104 cm³/mol. The van der Waals surface area contributed by atoms with E-state index in [2.05, 4.69) is 10.3 Å². The van der Waals surface area contributed by atoms with Crippen LogP contribution in [0.4, 0.5) is 5.69 Å². The highest BCUT2D eigenvalue weighted by molar-refractivity contribution is 6.64. The zero-order chi connectivity index (χ0) is 18.3. The molecule has 1 aromatic heterocycles. The van der Waals surface area contributed by atoms with Gasteiger partial charge in [0.25, 0.3) is 5.56 Å². The number of nitrogen functional groups attached to an aromatic ring is 1. The van der Waals surface area contributed by atoms with E-state index >= 15 is 0 Å². The Morgan fingerprint density at radius 1 is 1.37 bits per heavy atom. The number of anilines is 1. The first-order chi connectivity index (χ1) is 12.6. The minimum Gasteiger partial charge on any atom is -0.518 e. The fourth-order valence-electron chi connectivity index (χ4n) is 3.31. The van der Waals surface area contributed by atoms with E-state index in [-0.39, 0.29) is 29.6 Å². The molecule has 2 aliphatic rings. The lowest BCUT2D eigenvalue weighted by Crippen LogP contribution is -2.48. The maximum Gasteiger partial charge on any atom is 0.655 e. The summed E-state index contributed by atoms with van der Waals surface area (Å²) in [7, 11) is -0.862. The summed E-state index contributed by atoms with van der Waals surface area (Å²) in [6, 6.07) is 6.65. The first-order valence-electron chi connectivity index (χ1n) is 8.71. The molecule has 1 aromatic carbocycles. The Kier molecular flexibility index (Phi) is 5.32. The second-order valence-electron chi connectivity index (χ2n) is 6.36. The number of carbonyl (C=O) groups is 1. The van der Waals surface area contributed by atoms with Gasteiger partial charge in [-0.2, -0.15) is 0 Å². The van der Waals surface area contributed by atoms with Gasteiger partial charge in [0.2, 0.25) is 5.91 Å². The van der Waals surface area contributed by atoms with Crippen molar-refractivity contribution >= 4 is 36.7 Å². The van der Waals surface area contributed by atoms with Gasteiger partial charge in [0.1, 0.15) is 34.6 Å². The van der Waals surface area contributed by atoms with Crippen molar-refractivity contribution in [2.45, 2.75) is 32.2 Å². The SMILES string of the molecule is CCCNC(=O)C1CCc2nc(B3Oc4ccccc4O3)c(N)c(=O)n21.Cl. The molecule has 142 valence electrons. The number of rotatable bonds is 4. The number of carbonyl (C=O) groups excluding carboxylic acids is 1. The Balaban J connectivity index is 0.00000210. The van der Waals surface area contributed by atoms with Crippen LogP contribution in [-0.2, 0) is 11.2 Å². The van der Waals surface area contributed by atoms with E-state index in [0.717, 1.165) is 6.42 Å². The van der Waals surface area contributed by atoms with Crippen LogP contribution >= 0.6 is 12.4 Å². The minimum absolute atomic E-state index is 0. The Morgan fingerprint density at radius 2 is 2.04 bits per heavy atom. The van der Waals surface area contributed by atoms with Crippen LogP contribution in [0.25, 0.3) is 0 Å². The van der Waals surface area contributed by atoms with Crippen LogP contribution in [0.3, 0.4) is 0 Å². The van der Waals surface area contributed by atoms with Crippen molar-refractivity contribution in [1.82, 2.24) is 14.9 Å². The Labute approximate surface area is 162 Å². The number of aryl methyl sites for hydroxylation is 1. The summed E-state index contributed by atoms with van der Waals surface area (Å²) in [5.74, 6) is 1.51. The second kappa shape index (κ2) is 7.52. The molecule has 3 heterocycles. The van der Waals surface area contributed by atoms with Gasteiger partial charge in [0.15, 0.2) is 0 Å². The van der Waals surface area contributed by atoms with Crippen LogP contribution in [0, 0.1) is 0 Å². The minimum atomic E-state index is -0.862. The number of para-hydroxylation sites is 2. The summed E-state index contributed by atoms with van der Waals surface area (Å²) in [5, 5.41) is 2.83. The number of fused-ring (bicyclic) bond motifs is 2. The van der Waals surface area contributed by atoms with Gasteiger partial charge in [-0.3, -0.25) is 14.2 Å². The van der Waals surface area contributed by atoms with Crippen LogP contribution in [0.1, 0.15) is 31.6 Å². The fourth-order valence-corrected chi connectivity index (χ4v) is 3.31. The normalized spacial score (nSPS) is 16.6. The lowest BCUT2D eigenvalue weighted by Gasteiger charge is -2.16. The molecule has 3 N–H and O–H groups in total. The Bertz CT molecular complexity index is 911. The van der Waals surface area contributed by atoms with E-state index in [9.17, 15) is 9.59 Å². The molecule has 0 fully saturated rings. The molecule has 2 aromatic rings. The van der Waals surface area contributed by atoms with Crippen molar-refractivity contribution < 1.29 is 14.1 Å². The molecule has 0 spiro atoms. The fraction of sp³-hybridized carbons (Fsp3) is 0.353. The highest BCUT2D eigenvalue weighted by Crippen LogP contribution is 2.32. The monoisotopic (exact) mass is 390 g/mol. The van der Waals surface area contributed by atoms with E-state index in [0.29, 0.717) is 36.7 Å². The van der Waals surface area contributed by atoms with E-state index in [4.69, 9.17) is 15.0 Å². The molecule has 0 saturated heterocycles. The lowest BCUT2D eigenvalue weighted by molar-refractivity contribution is -0.124. The van der Waals surface area contributed by atoms with Gasteiger partial charge >= 0.3 is 7.12 Å². The second-order valence-corrected chi connectivity index (χ2v) is 6.36. The average Bonchev–Trinajstić information content (AvgIpc) is 3.26. The van der Waals surface area contributed by atoms with Crippen molar-refractivity contribution in [2.24, 2.45) is 0 Å². The summed E-state index contributed by atoms with van der Waals surface area (Å²) in [6.07, 6.45) is 1.87. The average molecular weight is 391 g/mol. The van der Waals surface area contributed by atoms with E-state index in [1.54, 1.807) is 12.1 Å². The summed E-state index contributed by atoms with van der Waals surface area (Å²) in [6.45, 7) is 2.54. The van der Waals surface area contributed by atoms with Crippen LogP contribution < -0.4 is 31.5 Å². The van der Waals surface area contributed by atoms with E-state index < -0.39 is 18.7 Å². The van der Waals surface area contributed by atoms with E-state index in [1.165, 1.54) is 4.57 Å². The largest absolute Gasteiger partial charge is 0.655 e. The molecule has 0 saturated carbocycles. The smallest absolute Gasteiger partial charge is 0.518 e. The summed E-state index contributed by atoms with van der Waals surface area (Å²) in [4.78, 5) is 29.6. The number of hydrogen-bond acceptors (Lipinski definition) is 6. The number of nitrogens with zero attached hydrogens (tertiary/aromatic N) is 2. The molecule has 0 bridgehead atoms. The van der Waals surface area contributed by atoms with Gasteiger partial charge in [0.05, 0.1) is 0 Å². The number of halogens is 1. The van der Waals surface area contributed by atoms with Crippen LogP contribution in [-0.4, -0.2) is 29.1 Å². The zero-order valence-electron chi connectivity index (χ0n) is 14.8. The number of aromatic nitrogens is 2. The van der Waals surface area contributed by atoms with Gasteiger partial charge in [-0.05, 0) is 25.0 Å². The summed E-state index contributed by atoms with van der Waals surface area (Å²) in [5.41, 5.74) is 5.82. The Morgan fingerprint density at radius 3 is 2.67 bits per heavy atom. The molecule has 27 heavy (non-hydrogen) atoms. The maximum atomic E-state index is 12.8. The van der Waals surface area contributed by atoms with Crippen LogP contribution in [0.15, 0.2) is 29.1 Å². The molecule has 0 radical (unpaired) electrons. The third-order valence-corrected chi connectivity index (χ3v) is 4.60. The van der Waals surface area contributed by atoms with Crippen molar-refractivity contribution in [2.75, 3.05) is 12.3 Å². The number of nitrogens with one attached hydrogen (secondary N) is 1. The molecule has 10 heteroatoms. The topological polar surface area (TPSA) is 108 Å². The highest BCUT2D eigenvalue weighted by Gasteiger charge is 2.41. The summed E-state index contributed by atoms with van der Waals surface area (Å²) < 4.78 is 12.8. The van der Waals surface area contributed by atoms with Crippen molar-refractivity contribution in [3.05, 3.63) is 40.4 Å². The van der Waals surface area contributed by atoms with Crippen LogP contribution in [0.2, 0.25) is 0 Å². The van der Waals surface area contributed by atoms with E-state index in [1.807, 2.05) is 19.1 Å². The molecule has 1 unspecified atom stereocenters. The number of benzene rings is 1. The molecule has 4 rings (SSSR count). The molecule has 8 nitrogen and oxygen atoms in total. The van der Waals surface area contributed by atoms with Crippen molar-refractivity contribution in [3.8, 4) is 11.5 Å². The summed E-state index contributed by atoms with van der Waals surface area (Å²) >= 11 is 0. The first kappa shape index (κ1) is 19.1. The molecular weight excluding hydrogens is 370 g/mol. The highest BCUT2D eigenvalue weighted by atomic mass is 35.5. The molecule has 1 amide bonds. The van der Waals surface area contributed by atoms with Crippen molar-refractivity contribution in [1.29, 1.82) is 0 Å². The predicted octanol–water partition coefficient (Wildman–Crippen LogP) is 0.427. The Hall–Kier alpha value is -2.68. The number of amides is 1. The number of nitrogens with two attached hydrogens (primary N) is 1. The van der Waals surface area contributed by atoms with Crippen LogP contribution in [0.5, 0.6) is 11.5 Å². The standard InChI is InChI=1S/C17H19BN4O4.ClH/c1-2-9-20-16(23)10-7-8-13-21-15(14(19)17(24)22(10)13)18-25-11-5-3-4-6-12(11)26-18;/h3-6,10H,2,7-9,19H2,1H3,(H,20,23);1H. The molecule has 0 aliphatic carbocycles. The van der Waals surface area contributed by atoms with Gasteiger partial charge in [0, 0.05) is 13.0 Å². The third kappa shape index (κ3) is 3.23. The van der Waals surface area contributed by atoms with Crippen molar-refractivity contribution in [3.63, 3.8) is 0 Å². The molecule has 2 aliphatic heterocycles. The van der Waals surface area contributed by atoms with Gasteiger partial charge < -0.3 is 20.4 Å². The van der Waals surface area contributed by atoms with Gasteiger partial charge in [-0.25, -0.2) is 4.98 Å². The number of hydrogen-bond donors (Lipinski definition) is 2. The lowest BCUT2D eigenvalue weighted by atomic mass is 9.83.